The van der Waals surface area contributed by atoms with Crippen molar-refractivity contribution in [3.05, 3.63) is 23.4 Å². The summed E-state index contributed by atoms with van der Waals surface area (Å²) in [5, 5.41) is 6.00. The van der Waals surface area contributed by atoms with E-state index >= 15 is 0 Å². The molecule has 1 aliphatic rings. The van der Waals surface area contributed by atoms with Crippen LogP contribution in [0.25, 0.3) is 10.7 Å². The molecule has 2 aromatic rings. The van der Waals surface area contributed by atoms with E-state index in [4.69, 9.17) is 4.52 Å². The van der Waals surface area contributed by atoms with Crippen molar-refractivity contribution in [3.8, 4) is 10.7 Å². The normalized spacial score (nSPS) is 16.0. The summed E-state index contributed by atoms with van der Waals surface area (Å²) in [7, 11) is -1.92. The molecule has 1 amide bonds. The molecular weight excluding hydrogens is 402 g/mol. The summed E-state index contributed by atoms with van der Waals surface area (Å²) >= 11 is 1.58. The molecule has 0 radical (unpaired) electrons. The van der Waals surface area contributed by atoms with Gasteiger partial charge < -0.3 is 9.42 Å². The summed E-state index contributed by atoms with van der Waals surface area (Å²) in [6.45, 7) is 3.56. The summed E-state index contributed by atoms with van der Waals surface area (Å²) in [5.74, 6) is 1.12. The average Bonchev–Trinajstić information content (AvgIpc) is 3.33. The van der Waals surface area contributed by atoms with Gasteiger partial charge in [-0.05, 0) is 24.4 Å². The second-order valence-corrected chi connectivity index (χ2v) is 9.87. The van der Waals surface area contributed by atoms with Crippen molar-refractivity contribution in [2.24, 2.45) is 0 Å². The third-order valence-electron chi connectivity index (χ3n) is 4.72. The molecule has 1 fully saturated rings. The smallest absolute Gasteiger partial charge is 0.237 e. The average molecular weight is 428 g/mol. The van der Waals surface area contributed by atoms with E-state index < -0.39 is 10.0 Å². The molecule has 3 rings (SSSR count). The summed E-state index contributed by atoms with van der Waals surface area (Å²) < 4.78 is 29.3. The van der Waals surface area contributed by atoms with Crippen LogP contribution in [0.5, 0.6) is 0 Å². The number of rotatable bonds is 8. The first-order valence-corrected chi connectivity index (χ1v) is 11.8. The van der Waals surface area contributed by atoms with Gasteiger partial charge >= 0.3 is 0 Å². The zero-order valence-corrected chi connectivity index (χ0v) is 17.7. The number of aryl methyl sites for hydroxylation is 1. The highest BCUT2D eigenvalue weighted by atomic mass is 32.2. The third kappa shape index (κ3) is 5.60. The van der Waals surface area contributed by atoms with E-state index in [-0.39, 0.29) is 12.5 Å². The van der Waals surface area contributed by atoms with E-state index in [0.29, 0.717) is 24.8 Å². The van der Waals surface area contributed by atoms with Gasteiger partial charge in [0.15, 0.2) is 0 Å². The van der Waals surface area contributed by atoms with Gasteiger partial charge in [0.05, 0.1) is 17.7 Å². The molecule has 0 aliphatic carbocycles. The predicted molar refractivity (Wildman–Crippen MR) is 106 cm³/mol. The number of thiophene rings is 1. The number of amides is 1. The van der Waals surface area contributed by atoms with E-state index in [2.05, 4.69) is 15.0 Å². The molecule has 0 aromatic carbocycles. The van der Waals surface area contributed by atoms with Crippen molar-refractivity contribution in [3.63, 3.8) is 0 Å². The van der Waals surface area contributed by atoms with Gasteiger partial charge in [0.2, 0.25) is 27.6 Å². The molecule has 2 aromatic heterocycles. The van der Waals surface area contributed by atoms with Gasteiger partial charge in [-0.25, -0.2) is 8.42 Å². The molecule has 9 nitrogen and oxygen atoms in total. The Hall–Kier alpha value is -1.82. The van der Waals surface area contributed by atoms with Crippen LogP contribution in [-0.4, -0.2) is 91.1 Å². The fraction of sp³-hybridized carbons (Fsp3) is 0.588. The Bertz CT molecular complexity index is 873. The van der Waals surface area contributed by atoms with Crippen LogP contribution in [0.4, 0.5) is 0 Å². The Kier molecular flexibility index (Phi) is 6.81. The number of aromatic nitrogens is 2. The van der Waals surface area contributed by atoms with Gasteiger partial charge in [-0.3, -0.25) is 9.69 Å². The lowest BCUT2D eigenvalue weighted by molar-refractivity contribution is -0.132. The summed E-state index contributed by atoms with van der Waals surface area (Å²) in [6.07, 6.45) is 2.72. The Morgan fingerprint density at radius 3 is 2.71 bits per heavy atom. The number of carbonyl (C=O) groups is 1. The fourth-order valence-electron chi connectivity index (χ4n) is 2.94. The molecular formula is C17H25N5O4S2. The Balaban J connectivity index is 1.37. The van der Waals surface area contributed by atoms with Gasteiger partial charge in [0.25, 0.3) is 0 Å². The quantitative estimate of drug-likeness (QED) is 0.613. The number of nitrogens with zero attached hydrogens (tertiary/aromatic N) is 5. The van der Waals surface area contributed by atoms with Gasteiger partial charge in [0, 0.05) is 39.6 Å². The monoisotopic (exact) mass is 427 g/mol. The highest BCUT2D eigenvalue weighted by Gasteiger charge is 2.24. The number of hydrogen-bond acceptors (Lipinski definition) is 8. The zero-order valence-electron chi connectivity index (χ0n) is 16.1. The van der Waals surface area contributed by atoms with Crippen LogP contribution in [0.15, 0.2) is 22.0 Å². The lowest BCUT2D eigenvalue weighted by Gasteiger charge is -2.35. The van der Waals surface area contributed by atoms with E-state index in [0.717, 1.165) is 47.9 Å². The third-order valence-corrected chi connectivity index (χ3v) is 6.85. The van der Waals surface area contributed by atoms with Crippen molar-refractivity contribution in [1.29, 1.82) is 0 Å². The minimum absolute atomic E-state index is 0.109. The van der Waals surface area contributed by atoms with Crippen LogP contribution in [0.3, 0.4) is 0 Å². The Morgan fingerprint density at radius 1 is 1.32 bits per heavy atom. The molecule has 1 aliphatic heterocycles. The van der Waals surface area contributed by atoms with E-state index in [1.807, 2.05) is 17.5 Å². The second-order valence-electron chi connectivity index (χ2n) is 6.83. The second kappa shape index (κ2) is 9.12. The standard InChI is InChI=1S/C17H25N5O4S2/c1-20(28(2,24)25)13-16(23)22-10-8-21(9-11-22)7-3-6-15-18-17(19-26-15)14-5-4-12-27-14/h4-5,12H,3,6-11,13H2,1-2H3. The number of hydrogen-bond donors (Lipinski definition) is 0. The van der Waals surface area contributed by atoms with Crippen LogP contribution in [0, 0.1) is 0 Å². The highest BCUT2D eigenvalue weighted by Crippen LogP contribution is 2.21. The van der Waals surface area contributed by atoms with Crippen LogP contribution < -0.4 is 0 Å². The van der Waals surface area contributed by atoms with Crippen LogP contribution in [0.1, 0.15) is 12.3 Å². The predicted octanol–water partition coefficient (Wildman–Crippen LogP) is 0.766. The van der Waals surface area contributed by atoms with E-state index in [1.54, 1.807) is 16.2 Å². The minimum atomic E-state index is -3.34. The summed E-state index contributed by atoms with van der Waals surface area (Å²) in [5.41, 5.74) is 0. The molecule has 0 N–H and O–H groups in total. The summed E-state index contributed by atoms with van der Waals surface area (Å²) in [6, 6.07) is 3.92. The maximum atomic E-state index is 12.2. The van der Waals surface area contributed by atoms with Crippen LogP contribution in [-0.2, 0) is 21.2 Å². The van der Waals surface area contributed by atoms with Gasteiger partial charge in [0.1, 0.15) is 0 Å². The molecule has 0 unspecified atom stereocenters. The Morgan fingerprint density at radius 2 is 2.07 bits per heavy atom. The fourth-order valence-corrected chi connectivity index (χ4v) is 3.94. The summed E-state index contributed by atoms with van der Waals surface area (Å²) in [4.78, 5) is 21.7. The van der Waals surface area contributed by atoms with Crippen molar-refractivity contribution in [2.75, 3.05) is 52.6 Å². The molecule has 11 heteroatoms. The zero-order chi connectivity index (χ0) is 20.1. The number of likely N-dealkylation sites (N-methyl/N-ethyl adjacent to an activating group) is 1. The SMILES string of the molecule is CN(CC(=O)N1CCN(CCCc2nc(-c3cccs3)no2)CC1)S(C)(=O)=O. The molecule has 0 atom stereocenters. The number of piperazine rings is 1. The van der Waals surface area contributed by atoms with Gasteiger partial charge in [-0.15, -0.1) is 11.3 Å². The van der Waals surface area contributed by atoms with Gasteiger partial charge in [-0.2, -0.15) is 9.29 Å². The maximum Gasteiger partial charge on any atom is 0.237 e. The lowest BCUT2D eigenvalue weighted by atomic mass is 10.2. The van der Waals surface area contributed by atoms with Crippen molar-refractivity contribution in [1.82, 2.24) is 24.2 Å². The van der Waals surface area contributed by atoms with Crippen LogP contribution >= 0.6 is 11.3 Å². The van der Waals surface area contributed by atoms with Gasteiger partial charge in [-0.1, -0.05) is 11.2 Å². The Labute approximate surface area is 169 Å². The highest BCUT2D eigenvalue weighted by molar-refractivity contribution is 7.88. The molecule has 0 spiro atoms. The van der Waals surface area contributed by atoms with E-state index in [9.17, 15) is 13.2 Å². The molecule has 0 saturated carbocycles. The van der Waals surface area contributed by atoms with Crippen molar-refractivity contribution >= 4 is 27.3 Å². The molecule has 154 valence electrons. The maximum absolute atomic E-state index is 12.2. The lowest BCUT2D eigenvalue weighted by Crippen LogP contribution is -2.51. The topological polar surface area (TPSA) is 99.8 Å². The number of sulfonamides is 1. The van der Waals surface area contributed by atoms with Crippen LogP contribution in [0.2, 0.25) is 0 Å². The number of carbonyl (C=O) groups excluding carboxylic acids is 1. The largest absolute Gasteiger partial charge is 0.339 e. The molecule has 3 heterocycles. The first-order valence-electron chi connectivity index (χ1n) is 9.11. The first kappa shape index (κ1) is 20.9. The molecule has 0 bridgehead atoms. The van der Waals surface area contributed by atoms with E-state index in [1.165, 1.54) is 7.05 Å². The molecule has 1 saturated heterocycles. The molecule has 28 heavy (non-hydrogen) atoms. The first-order chi connectivity index (χ1) is 13.3. The van der Waals surface area contributed by atoms with Crippen molar-refractivity contribution < 1.29 is 17.7 Å². The minimum Gasteiger partial charge on any atom is -0.339 e. The van der Waals surface area contributed by atoms with Crippen molar-refractivity contribution in [2.45, 2.75) is 12.8 Å².